The third-order valence-electron chi connectivity index (χ3n) is 5.09. The Morgan fingerprint density at radius 3 is 2.18 bits per heavy atom. The van der Waals surface area contributed by atoms with Crippen LogP contribution in [0.4, 0.5) is 15.3 Å². The van der Waals surface area contributed by atoms with Crippen molar-refractivity contribution in [1.82, 2.24) is 4.90 Å². The Bertz CT molecular complexity index is 1120. The Balaban J connectivity index is 1.63. The normalized spacial score (nSPS) is 16.3. The van der Waals surface area contributed by atoms with E-state index in [4.69, 9.17) is 9.47 Å². The highest BCUT2D eigenvalue weighted by atomic mass is 32.2. The van der Waals surface area contributed by atoms with Crippen molar-refractivity contribution in [1.29, 1.82) is 0 Å². The van der Waals surface area contributed by atoms with E-state index in [1.54, 1.807) is 79.4 Å². The van der Waals surface area contributed by atoms with Gasteiger partial charge in [-0.2, -0.15) is 0 Å². The van der Waals surface area contributed by atoms with Crippen LogP contribution >= 0.6 is 0 Å². The molecule has 0 radical (unpaired) electrons. The summed E-state index contributed by atoms with van der Waals surface area (Å²) in [4.78, 5) is 38.0. The van der Waals surface area contributed by atoms with E-state index in [2.05, 4.69) is 5.32 Å². The molecule has 1 fully saturated rings. The number of carbonyl (C=O) groups is 2. The fourth-order valence-electron chi connectivity index (χ4n) is 3.48. The Morgan fingerprint density at radius 2 is 1.64 bits per heavy atom. The maximum Gasteiger partial charge on any atom is 0.417 e. The highest BCUT2D eigenvalue weighted by molar-refractivity contribution is 8.01. The van der Waals surface area contributed by atoms with Crippen molar-refractivity contribution < 1.29 is 28.1 Å². The van der Waals surface area contributed by atoms with E-state index in [1.807, 2.05) is 6.07 Å². The molecule has 1 saturated heterocycles. The summed E-state index contributed by atoms with van der Waals surface area (Å²) >= 11 is 0. The van der Waals surface area contributed by atoms with Gasteiger partial charge in [0.2, 0.25) is 0 Å². The monoisotopic (exact) mass is 472 g/mol. The minimum atomic E-state index is -3.11. The van der Waals surface area contributed by atoms with Gasteiger partial charge >= 0.3 is 12.2 Å². The van der Waals surface area contributed by atoms with Gasteiger partial charge in [0.1, 0.15) is 11.4 Å². The number of rotatable bonds is 4. The minimum Gasteiger partial charge on any atom is -0.444 e. The van der Waals surface area contributed by atoms with Crippen LogP contribution in [0.15, 0.2) is 59.5 Å². The van der Waals surface area contributed by atoms with Gasteiger partial charge in [0.15, 0.2) is 5.23 Å². The average Bonchev–Trinajstić information content (AvgIpc) is 2.78. The van der Waals surface area contributed by atoms with Crippen molar-refractivity contribution in [3.8, 4) is 5.75 Å². The summed E-state index contributed by atoms with van der Waals surface area (Å²) in [5.74, 6) is 0.405. The first-order valence-electron chi connectivity index (χ1n) is 10.6. The number of benzene rings is 2. The average molecular weight is 473 g/mol. The molecule has 0 bridgehead atoms. The lowest BCUT2D eigenvalue weighted by atomic mass is 10.1. The number of hydrogen-bond donors (Lipinski definition) is 1. The van der Waals surface area contributed by atoms with Crippen molar-refractivity contribution in [3.63, 3.8) is 0 Å². The maximum absolute atomic E-state index is 13.5. The number of hydrogen-bond acceptors (Lipinski definition) is 6. The number of piperidine rings is 1. The second-order valence-electron chi connectivity index (χ2n) is 8.70. The van der Waals surface area contributed by atoms with Crippen LogP contribution in [-0.4, -0.2) is 50.5 Å². The number of carbonyl (C=O) groups excluding carboxylic acids is 3. The molecule has 1 atom stereocenters. The molecule has 33 heavy (non-hydrogen) atoms. The summed E-state index contributed by atoms with van der Waals surface area (Å²) < 4.78 is 24.1. The van der Waals surface area contributed by atoms with Crippen LogP contribution in [0.2, 0.25) is 0 Å². The molecule has 0 saturated carbocycles. The zero-order valence-corrected chi connectivity index (χ0v) is 19.7. The fraction of sp³-hybridized carbons (Fsp3) is 0.375. The number of ether oxygens (including phenoxy) is 2. The van der Waals surface area contributed by atoms with Crippen molar-refractivity contribution in [2.24, 2.45) is 0 Å². The van der Waals surface area contributed by atoms with E-state index < -0.39 is 32.6 Å². The van der Waals surface area contributed by atoms with Gasteiger partial charge in [0, 0.05) is 28.9 Å². The first-order chi connectivity index (χ1) is 15.6. The molecule has 176 valence electrons. The number of amides is 2. The van der Waals surface area contributed by atoms with Crippen LogP contribution in [0.5, 0.6) is 5.75 Å². The van der Waals surface area contributed by atoms with Gasteiger partial charge in [-0.05, 0) is 70.0 Å². The first-order valence-corrected chi connectivity index (χ1v) is 12.3. The van der Waals surface area contributed by atoms with Crippen LogP contribution in [0.25, 0.3) is 0 Å². The molecule has 1 unspecified atom stereocenters. The molecule has 0 aliphatic carbocycles. The number of nitrogens with zero attached hydrogens (tertiary/aromatic N) is 1. The number of anilines is 1. The van der Waals surface area contributed by atoms with Crippen molar-refractivity contribution in [3.05, 3.63) is 54.6 Å². The Hall–Kier alpha value is -3.29. The van der Waals surface area contributed by atoms with Gasteiger partial charge < -0.3 is 14.4 Å². The topological polar surface area (TPSA) is 102 Å². The van der Waals surface area contributed by atoms with E-state index in [0.717, 1.165) is 0 Å². The predicted octanol–water partition coefficient (Wildman–Crippen LogP) is 4.41. The van der Waals surface area contributed by atoms with Crippen molar-refractivity contribution >= 4 is 32.6 Å². The molecule has 0 spiro atoms. The van der Waals surface area contributed by atoms with E-state index in [-0.39, 0.29) is 0 Å². The molecular formula is C24H28N2O6S. The maximum atomic E-state index is 13.5. The minimum absolute atomic E-state index is 0.343. The number of nitrogens with one attached hydrogen (secondary N) is 1. The number of para-hydroxylation sites is 1. The van der Waals surface area contributed by atoms with Crippen LogP contribution in [0.3, 0.4) is 0 Å². The van der Waals surface area contributed by atoms with Crippen LogP contribution in [-0.2, 0) is 19.1 Å². The SMILES string of the molecule is CC(C)(C)OC(=O)N1CCC(S(=O)(=C=O)c2ccc(NC(=O)Oc3ccccc3)cc2)CC1. The van der Waals surface area contributed by atoms with Crippen LogP contribution in [0, 0.1) is 0 Å². The Labute approximate surface area is 193 Å². The first kappa shape index (κ1) is 24.4. The molecule has 2 aromatic carbocycles. The summed E-state index contributed by atoms with van der Waals surface area (Å²) in [7, 11) is -3.11. The molecule has 2 amide bonds. The number of likely N-dealkylation sites (tertiary alicyclic amines) is 1. The highest BCUT2D eigenvalue weighted by Crippen LogP contribution is 2.27. The van der Waals surface area contributed by atoms with E-state index in [0.29, 0.717) is 42.3 Å². The third-order valence-corrected chi connectivity index (χ3v) is 7.72. The second-order valence-corrected chi connectivity index (χ2v) is 11.2. The third kappa shape index (κ3) is 6.37. The van der Waals surface area contributed by atoms with Gasteiger partial charge in [-0.25, -0.2) is 14.4 Å². The van der Waals surface area contributed by atoms with Crippen molar-refractivity contribution in [2.75, 3.05) is 18.4 Å². The van der Waals surface area contributed by atoms with E-state index in [1.165, 1.54) is 0 Å². The Morgan fingerprint density at radius 1 is 1.03 bits per heavy atom. The summed E-state index contributed by atoms with van der Waals surface area (Å²) in [6.45, 7) is 6.09. The van der Waals surface area contributed by atoms with E-state index >= 15 is 0 Å². The van der Waals surface area contributed by atoms with Crippen LogP contribution < -0.4 is 10.1 Å². The summed E-state index contributed by atoms with van der Waals surface area (Å²) in [6, 6.07) is 14.9. The van der Waals surface area contributed by atoms with Gasteiger partial charge in [0.05, 0.1) is 9.52 Å². The molecule has 1 aliphatic heterocycles. The largest absolute Gasteiger partial charge is 0.444 e. The van der Waals surface area contributed by atoms with Gasteiger partial charge in [-0.15, -0.1) is 0 Å². The lowest BCUT2D eigenvalue weighted by Gasteiger charge is -2.34. The van der Waals surface area contributed by atoms with Crippen molar-refractivity contribution in [2.45, 2.75) is 49.4 Å². The van der Waals surface area contributed by atoms with Gasteiger partial charge in [0.25, 0.3) is 0 Å². The zero-order valence-electron chi connectivity index (χ0n) is 18.9. The molecular weight excluding hydrogens is 444 g/mol. The molecule has 3 rings (SSSR count). The standard InChI is InChI=1S/C24H28N2O6S/c1-24(2,3)32-23(29)26-15-13-21(14-16-26)33(30,17-27)20-11-9-18(10-12-20)25-22(28)31-19-7-5-4-6-8-19/h4-12,21H,13-16H2,1-3H3,(H,25,28). The van der Waals surface area contributed by atoms with Crippen LogP contribution in [0.1, 0.15) is 33.6 Å². The molecule has 1 heterocycles. The molecule has 1 N–H and O–H groups in total. The Kier molecular flexibility index (Phi) is 7.46. The molecule has 8 nitrogen and oxygen atoms in total. The summed E-state index contributed by atoms with van der Waals surface area (Å²) in [5.41, 5.74) is -0.159. The summed E-state index contributed by atoms with van der Waals surface area (Å²) in [5, 5.41) is 3.93. The molecule has 0 aromatic heterocycles. The second kappa shape index (κ2) is 10.1. The van der Waals surface area contributed by atoms with E-state index in [9.17, 15) is 18.6 Å². The zero-order chi connectivity index (χ0) is 24.1. The molecule has 2 aromatic rings. The smallest absolute Gasteiger partial charge is 0.417 e. The van der Waals surface area contributed by atoms with Gasteiger partial charge in [-0.3, -0.25) is 9.53 Å². The molecule has 1 aliphatic rings. The predicted molar refractivity (Wildman–Crippen MR) is 125 cm³/mol. The summed E-state index contributed by atoms with van der Waals surface area (Å²) in [6.07, 6.45) is -0.278. The van der Waals surface area contributed by atoms with Gasteiger partial charge in [-0.1, -0.05) is 18.2 Å². The molecule has 9 heteroatoms. The lowest BCUT2D eigenvalue weighted by molar-refractivity contribution is 0.0218. The highest BCUT2D eigenvalue weighted by Gasteiger charge is 2.33. The quantitative estimate of drug-likeness (QED) is 0.662. The lowest BCUT2D eigenvalue weighted by Crippen LogP contribution is -2.44. The fourth-order valence-corrected chi connectivity index (χ4v) is 5.52.